The van der Waals surface area contributed by atoms with Crippen molar-refractivity contribution in [2.24, 2.45) is 0 Å². The Bertz CT molecular complexity index is 2920. The van der Waals surface area contributed by atoms with Gasteiger partial charge in [-0.1, -0.05) is 170 Å². The number of hydrogen-bond acceptors (Lipinski definition) is 2. The topological polar surface area (TPSA) is 25.8 Å². The van der Waals surface area contributed by atoms with E-state index in [9.17, 15) is 0 Å². The van der Waals surface area contributed by atoms with Crippen LogP contribution in [0.2, 0.25) is 0 Å². The SMILES string of the molecule is c1ccc(-c2nc(-c3cccc4ccccc34)cc(-c3ccc(-c4c5ccccc5cc5c4ccc4ccccc45)c4ccccc34)n2)cc1. The molecule has 1 heterocycles. The predicted octanol–water partition coefficient (Wildman–Crippen LogP) is 12.9. The van der Waals surface area contributed by atoms with Gasteiger partial charge in [0.05, 0.1) is 11.4 Å². The Morgan fingerprint density at radius 2 is 0.820 bits per heavy atom. The van der Waals surface area contributed by atoms with Gasteiger partial charge < -0.3 is 0 Å². The van der Waals surface area contributed by atoms with E-state index >= 15 is 0 Å². The number of hydrogen-bond donors (Lipinski definition) is 0. The van der Waals surface area contributed by atoms with Crippen LogP contribution in [0.15, 0.2) is 182 Å². The molecule has 0 fully saturated rings. The van der Waals surface area contributed by atoms with Crippen molar-refractivity contribution in [2.75, 3.05) is 0 Å². The average molecular weight is 635 g/mol. The van der Waals surface area contributed by atoms with E-state index in [1.165, 1.54) is 59.6 Å². The summed E-state index contributed by atoms with van der Waals surface area (Å²) in [6, 6.07) is 65.1. The maximum atomic E-state index is 5.25. The van der Waals surface area contributed by atoms with Crippen LogP contribution in [-0.2, 0) is 0 Å². The lowest BCUT2D eigenvalue weighted by Gasteiger charge is -2.18. The first-order valence-electron chi connectivity index (χ1n) is 17.1. The Morgan fingerprint density at radius 1 is 0.280 bits per heavy atom. The van der Waals surface area contributed by atoms with Crippen molar-refractivity contribution in [2.45, 2.75) is 0 Å². The molecule has 0 saturated heterocycles. The summed E-state index contributed by atoms with van der Waals surface area (Å²) in [6.45, 7) is 0. The Labute approximate surface area is 290 Å². The number of aromatic nitrogens is 2. The summed E-state index contributed by atoms with van der Waals surface area (Å²) < 4.78 is 0. The highest BCUT2D eigenvalue weighted by molar-refractivity contribution is 6.23. The average Bonchev–Trinajstić information content (AvgIpc) is 3.19. The highest BCUT2D eigenvalue weighted by atomic mass is 14.9. The van der Waals surface area contributed by atoms with E-state index in [0.717, 1.165) is 33.5 Å². The molecule has 0 unspecified atom stereocenters. The van der Waals surface area contributed by atoms with Crippen LogP contribution in [0.4, 0.5) is 0 Å². The minimum absolute atomic E-state index is 0.714. The molecule has 0 N–H and O–H groups in total. The van der Waals surface area contributed by atoms with Gasteiger partial charge in [-0.25, -0.2) is 9.97 Å². The molecule has 0 aliphatic rings. The molecule has 0 saturated carbocycles. The fourth-order valence-electron chi connectivity index (χ4n) is 7.74. The van der Waals surface area contributed by atoms with Crippen LogP contribution in [0.1, 0.15) is 0 Å². The highest BCUT2D eigenvalue weighted by Crippen LogP contribution is 2.44. The minimum Gasteiger partial charge on any atom is -0.228 e. The van der Waals surface area contributed by atoms with Gasteiger partial charge in [-0.05, 0) is 77.1 Å². The summed E-state index contributed by atoms with van der Waals surface area (Å²) in [5.41, 5.74) is 7.46. The van der Waals surface area contributed by atoms with Gasteiger partial charge >= 0.3 is 0 Å². The first kappa shape index (κ1) is 28.4. The summed E-state index contributed by atoms with van der Waals surface area (Å²) in [5, 5.41) is 12.3. The minimum atomic E-state index is 0.714. The molecule has 0 amide bonds. The lowest BCUT2D eigenvalue weighted by atomic mass is 9.86. The van der Waals surface area contributed by atoms with Gasteiger partial charge in [-0.3, -0.25) is 0 Å². The molecule has 50 heavy (non-hydrogen) atoms. The van der Waals surface area contributed by atoms with Gasteiger partial charge in [0.2, 0.25) is 0 Å². The Hall–Kier alpha value is -6.64. The molecule has 10 aromatic rings. The third kappa shape index (κ3) is 4.57. The maximum absolute atomic E-state index is 5.25. The molecule has 0 bridgehead atoms. The zero-order chi connectivity index (χ0) is 33.0. The molecule has 9 aromatic carbocycles. The van der Waals surface area contributed by atoms with E-state index in [-0.39, 0.29) is 0 Å². The molecule has 2 heteroatoms. The second kappa shape index (κ2) is 11.5. The highest BCUT2D eigenvalue weighted by Gasteiger charge is 2.18. The van der Waals surface area contributed by atoms with E-state index < -0.39 is 0 Å². The van der Waals surface area contributed by atoms with Crippen molar-refractivity contribution >= 4 is 53.9 Å². The number of rotatable bonds is 4. The molecule has 2 nitrogen and oxygen atoms in total. The quantitative estimate of drug-likeness (QED) is 0.142. The normalized spacial score (nSPS) is 11.6. The van der Waals surface area contributed by atoms with Crippen molar-refractivity contribution in [3.8, 4) is 45.0 Å². The van der Waals surface area contributed by atoms with E-state index in [4.69, 9.17) is 9.97 Å². The molecular weight excluding hydrogens is 605 g/mol. The Morgan fingerprint density at radius 3 is 1.58 bits per heavy atom. The van der Waals surface area contributed by atoms with Crippen LogP contribution in [-0.4, -0.2) is 9.97 Å². The van der Waals surface area contributed by atoms with Gasteiger partial charge in [0, 0.05) is 16.7 Å². The number of fused-ring (bicyclic) bond motifs is 6. The van der Waals surface area contributed by atoms with E-state index in [1.54, 1.807) is 0 Å². The molecule has 0 aliphatic carbocycles. The molecular formula is C48H30N2. The largest absolute Gasteiger partial charge is 0.228 e. The van der Waals surface area contributed by atoms with Crippen LogP contribution in [0.25, 0.3) is 98.9 Å². The van der Waals surface area contributed by atoms with Crippen LogP contribution in [0.5, 0.6) is 0 Å². The molecule has 232 valence electrons. The van der Waals surface area contributed by atoms with Crippen molar-refractivity contribution in [3.05, 3.63) is 182 Å². The van der Waals surface area contributed by atoms with Crippen molar-refractivity contribution in [3.63, 3.8) is 0 Å². The van der Waals surface area contributed by atoms with Crippen LogP contribution in [0.3, 0.4) is 0 Å². The fourth-order valence-corrected chi connectivity index (χ4v) is 7.74. The third-order valence-corrected chi connectivity index (χ3v) is 10.1. The van der Waals surface area contributed by atoms with Crippen molar-refractivity contribution in [1.29, 1.82) is 0 Å². The summed E-state index contributed by atoms with van der Waals surface area (Å²) >= 11 is 0. The first-order valence-corrected chi connectivity index (χ1v) is 17.1. The van der Waals surface area contributed by atoms with Crippen LogP contribution in [0, 0.1) is 0 Å². The van der Waals surface area contributed by atoms with Crippen LogP contribution >= 0.6 is 0 Å². The Kier molecular flexibility index (Phi) is 6.53. The molecule has 10 rings (SSSR count). The summed E-state index contributed by atoms with van der Waals surface area (Å²) in [4.78, 5) is 10.4. The smallest absolute Gasteiger partial charge is 0.160 e. The predicted molar refractivity (Wildman–Crippen MR) is 211 cm³/mol. The second-order valence-corrected chi connectivity index (χ2v) is 12.9. The summed E-state index contributed by atoms with van der Waals surface area (Å²) in [6.07, 6.45) is 0. The summed E-state index contributed by atoms with van der Waals surface area (Å²) in [7, 11) is 0. The molecule has 0 aliphatic heterocycles. The third-order valence-electron chi connectivity index (χ3n) is 10.1. The number of benzene rings is 9. The fraction of sp³-hybridized carbons (Fsp3) is 0. The lowest BCUT2D eigenvalue weighted by molar-refractivity contribution is 1.19. The van der Waals surface area contributed by atoms with Gasteiger partial charge in [0.1, 0.15) is 0 Å². The van der Waals surface area contributed by atoms with Crippen molar-refractivity contribution in [1.82, 2.24) is 9.97 Å². The van der Waals surface area contributed by atoms with E-state index in [2.05, 4.69) is 164 Å². The second-order valence-electron chi connectivity index (χ2n) is 12.9. The van der Waals surface area contributed by atoms with Gasteiger partial charge in [-0.15, -0.1) is 0 Å². The first-order chi connectivity index (χ1) is 24.8. The lowest BCUT2D eigenvalue weighted by Crippen LogP contribution is -1.97. The van der Waals surface area contributed by atoms with Crippen LogP contribution < -0.4 is 0 Å². The number of nitrogens with zero attached hydrogens (tertiary/aromatic N) is 2. The standard InChI is InChI=1S/C48H30N2/c1-2-15-33(16-3-1)48-49-45(40-24-12-18-31-13-4-7-19-35(31)40)30-46(50-48)41-27-28-42(39-23-11-10-22-38(39)41)47-37-21-9-6-17-34(37)29-44-36-20-8-5-14-32(36)25-26-43(44)47/h1-30H. The zero-order valence-electron chi connectivity index (χ0n) is 27.2. The molecule has 0 atom stereocenters. The molecule has 0 radical (unpaired) electrons. The van der Waals surface area contributed by atoms with E-state index in [1.807, 2.05) is 18.2 Å². The molecule has 0 spiro atoms. The maximum Gasteiger partial charge on any atom is 0.160 e. The van der Waals surface area contributed by atoms with Crippen molar-refractivity contribution < 1.29 is 0 Å². The van der Waals surface area contributed by atoms with Gasteiger partial charge in [0.25, 0.3) is 0 Å². The monoisotopic (exact) mass is 634 g/mol. The van der Waals surface area contributed by atoms with E-state index in [0.29, 0.717) is 5.82 Å². The molecule has 1 aromatic heterocycles. The summed E-state index contributed by atoms with van der Waals surface area (Å²) in [5.74, 6) is 0.714. The van der Waals surface area contributed by atoms with Gasteiger partial charge in [-0.2, -0.15) is 0 Å². The Balaban J connectivity index is 1.25. The van der Waals surface area contributed by atoms with Gasteiger partial charge in [0.15, 0.2) is 5.82 Å². The zero-order valence-corrected chi connectivity index (χ0v) is 27.2.